The molecule has 16 heavy (non-hydrogen) atoms. The first-order valence-electron chi connectivity index (χ1n) is 5.35. The maximum atomic E-state index is 5.93. The van der Waals surface area contributed by atoms with Crippen LogP contribution in [-0.2, 0) is 20.1 Å². The first kappa shape index (κ1) is 9.27. The van der Waals surface area contributed by atoms with Gasteiger partial charge in [0.15, 0.2) is 5.82 Å². The van der Waals surface area contributed by atoms with E-state index in [-0.39, 0.29) is 0 Å². The summed E-state index contributed by atoms with van der Waals surface area (Å²) in [5, 5.41) is 4.39. The minimum absolute atomic E-state index is 0.746. The van der Waals surface area contributed by atoms with E-state index in [9.17, 15) is 0 Å². The van der Waals surface area contributed by atoms with Gasteiger partial charge in [-0.25, -0.2) is 0 Å². The second-order valence-corrected chi connectivity index (χ2v) is 4.21. The number of anilines is 2. The van der Waals surface area contributed by atoms with Crippen molar-refractivity contribution in [3.8, 4) is 0 Å². The molecule has 0 saturated carbocycles. The van der Waals surface area contributed by atoms with Crippen LogP contribution in [0.5, 0.6) is 0 Å². The van der Waals surface area contributed by atoms with Gasteiger partial charge in [-0.15, -0.1) is 0 Å². The molecule has 1 aliphatic heterocycles. The monoisotopic (exact) mass is 214 g/mol. The summed E-state index contributed by atoms with van der Waals surface area (Å²) in [4.78, 5) is 2.21. The quantitative estimate of drug-likeness (QED) is 0.783. The van der Waals surface area contributed by atoms with Crippen LogP contribution < -0.4 is 10.6 Å². The van der Waals surface area contributed by atoms with Crippen LogP contribution in [0.2, 0.25) is 0 Å². The Balaban J connectivity index is 1.94. The van der Waals surface area contributed by atoms with Crippen LogP contribution in [0.1, 0.15) is 11.1 Å². The second kappa shape index (κ2) is 3.27. The number of rotatable bonds is 1. The third kappa shape index (κ3) is 1.34. The Morgan fingerprint density at radius 2 is 1.81 bits per heavy atom. The van der Waals surface area contributed by atoms with E-state index in [0.29, 0.717) is 0 Å². The van der Waals surface area contributed by atoms with E-state index in [1.165, 1.54) is 11.1 Å². The summed E-state index contributed by atoms with van der Waals surface area (Å²) < 4.78 is 1.76. The van der Waals surface area contributed by atoms with Crippen LogP contribution in [0.4, 0.5) is 11.5 Å². The fourth-order valence-corrected chi connectivity index (χ4v) is 2.22. The first-order valence-corrected chi connectivity index (χ1v) is 5.35. The van der Waals surface area contributed by atoms with Crippen LogP contribution in [0.25, 0.3) is 0 Å². The van der Waals surface area contributed by atoms with Crippen molar-refractivity contribution in [2.45, 2.75) is 13.1 Å². The molecule has 82 valence electrons. The van der Waals surface area contributed by atoms with Crippen LogP contribution in [0, 0.1) is 0 Å². The number of hydrogen-bond acceptors (Lipinski definition) is 3. The van der Waals surface area contributed by atoms with Crippen LogP contribution in [0.3, 0.4) is 0 Å². The zero-order chi connectivity index (χ0) is 11.1. The van der Waals surface area contributed by atoms with Crippen molar-refractivity contribution in [1.82, 2.24) is 9.78 Å². The third-order valence-corrected chi connectivity index (χ3v) is 2.98. The molecule has 0 fully saturated rings. The molecule has 0 saturated heterocycles. The van der Waals surface area contributed by atoms with Gasteiger partial charge in [0.25, 0.3) is 0 Å². The predicted molar refractivity (Wildman–Crippen MR) is 63.9 cm³/mol. The number of nitrogens with two attached hydrogens (primary N) is 1. The lowest BCUT2D eigenvalue weighted by Gasteiger charge is -2.14. The molecule has 1 aromatic heterocycles. The molecule has 0 spiro atoms. The van der Waals surface area contributed by atoms with Gasteiger partial charge in [0.05, 0.1) is 5.69 Å². The third-order valence-electron chi connectivity index (χ3n) is 2.98. The van der Waals surface area contributed by atoms with E-state index in [4.69, 9.17) is 5.73 Å². The lowest BCUT2D eigenvalue weighted by molar-refractivity contribution is 0.744. The number of aryl methyl sites for hydroxylation is 1. The molecule has 0 atom stereocenters. The van der Waals surface area contributed by atoms with Crippen molar-refractivity contribution < 1.29 is 0 Å². The van der Waals surface area contributed by atoms with Crippen LogP contribution >= 0.6 is 0 Å². The summed E-state index contributed by atoms with van der Waals surface area (Å²) in [6.07, 6.45) is 1.85. The molecule has 0 aliphatic carbocycles. The van der Waals surface area contributed by atoms with E-state index in [0.717, 1.165) is 24.6 Å². The summed E-state index contributed by atoms with van der Waals surface area (Å²) >= 11 is 0. The molecule has 4 nitrogen and oxygen atoms in total. The molecule has 0 radical (unpaired) electrons. The number of aromatic nitrogens is 2. The van der Waals surface area contributed by atoms with E-state index < -0.39 is 0 Å². The standard InChI is InChI=1S/C12H14N4/c1-15-8-11(13)12(14-15)16-6-9-4-2-3-5-10(9)7-16/h2-5,8H,6-7,13H2,1H3. The molecule has 0 bridgehead atoms. The minimum Gasteiger partial charge on any atom is -0.394 e. The van der Waals surface area contributed by atoms with E-state index in [1.54, 1.807) is 4.68 Å². The Kier molecular flexibility index (Phi) is 1.89. The summed E-state index contributed by atoms with van der Waals surface area (Å²) in [5.74, 6) is 0.888. The highest BCUT2D eigenvalue weighted by Gasteiger charge is 2.22. The van der Waals surface area contributed by atoms with Crippen molar-refractivity contribution in [2.24, 2.45) is 7.05 Å². The Bertz CT molecular complexity index is 505. The number of benzene rings is 1. The zero-order valence-electron chi connectivity index (χ0n) is 9.22. The maximum Gasteiger partial charge on any atom is 0.174 e. The second-order valence-electron chi connectivity index (χ2n) is 4.21. The zero-order valence-corrected chi connectivity index (χ0v) is 9.22. The Morgan fingerprint density at radius 1 is 1.19 bits per heavy atom. The summed E-state index contributed by atoms with van der Waals surface area (Å²) in [5.41, 5.74) is 9.41. The first-order chi connectivity index (χ1) is 7.74. The van der Waals surface area contributed by atoms with Crippen molar-refractivity contribution >= 4 is 11.5 Å². The number of fused-ring (bicyclic) bond motifs is 1. The predicted octanol–water partition coefficient (Wildman–Crippen LogP) is 1.52. The molecule has 0 amide bonds. The Morgan fingerprint density at radius 3 is 2.31 bits per heavy atom. The Hall–Kier alpha value is -1.97. The van der Waals surface area contributed by atoms with Gasteiger partial charge in [0.2, 0.25) is 0 Å². The summed E-state index contributed by atoms with van der Waals surface area (Å²) in [6.45, 7) is 1.80. The molecular weight excluding hydrogens is 200 g/mol. The van der Waals surface area contributed by atoms with E-state index >= 15 is 0 Å². The molecule has 2 heterocycles. The van der Waals surface area contributed by atoms with Crippen LogP contribution in [0.15, 0.2) is 30.5 Å². The van der Waals surface area contributed by atoms with E-state index in [1.807, 2.05) is 13.2 Å². The summed E-state index contributed by atoms with van der Waals surface area (Å²) in [7, 11) is 1.89. The number of hydrogen-bond donors (Lipinski definition) is 1. The van der Waals surface area contributed by atoms with Gasteiger partial charge in [-0.1, -0.05) is 24.3 Å². The normalized spacial score (nSPS) is 14.2. The highest BCUT2D eigenvalue weighted by Crippen LogP contribution is 2.30. The van der Waals surface area contributed by atoms with Crippen molar-refractivity contribution in [3.63, 3.8) is 0 Å². The van der Waals surface area contributed by atoms with Gasteiger partial charge in [-0.3, -0.25) is 4.68 Å². The lowest BCUT2D eigenvalue weighted by atomic mass is 10.1. The minimum atomic E-state index is 0.746. The fourth-order valence-electron chi connectivity index (χ4n) is 2.22. The van der Waals surface area contributed by atoms with E-state index in [2.05, 4.69) is 34.3 Å². The molecule has 2 aromatic rings. The largest absolute Gasteiger partial charge is 0.394 e. The van der Waals surface area contributed by atoms with Gasteiger partial charge in [-0.2, -0.15) is 5.10 Å². The lowest BCUT2D eigenvalue weighted by Crippen LogP contribution is -2.16. The van der Waals surface area contributed by atoms with Crippen molar-refractivity contribution in [1.29, 1.82) is 0 Å². The van der Waals surface area contributed by atoms with Crippen molar-refractivity contribution in [3.05, 3.63) is 41.6 Å². The Labute approximate surface area is 94.3 Å². The SMILES string of the molecule is Cn1cc(N)c(N2Cc3ccccc3C2)n1. The summed E-state index contributed by atoms with van der Waals surface area (Å²) in [6, 6.07) is 8.47. The molecule has 4 heteroatoms. The number of nitrogen functional groups attached to an aromatic ring is 1. The number of nitrogens with zero attached hydrogens (tertiary/aromatic N) is 3. The fraction of sp³-hybridized carbons (Fsp3) is 0.250. The van der Waals surface area contributed by atoms with Gasteiger partial charge in [0, 0.05) is 26.3 Å². The molecule has 3 rings (SSSR count). The average molecular weight is 214 g/mol. The van der Waals surface area contributed by atoms with Gasteiger partial charge in [0.1, 0.15) is 0 Å². The highest BCUT2D eigenvalue weighted by molar-refractivity contribution is 5.63. The van der Waals surface area contributed by atoms with Gasteiger partial charge in [-0.05, 0) is 11.1 Å². The maximum absolute atomic E-state index is 5.93. The van der Waals surface area contributed by atoms with Crippen molar-refractivity contribution in [2.75, 3.05) is 10.6 Å². The molecule has 1 aliphatic rings. The topological polar surface area (TPSA) is 47.1 Å². The smallest absolute Gasteiger partial charge is 0.174 e. The molecule has 2 N–H and O–H groups in total. The molecule has 0 unspecified atom stereocenters. The highest BCUT2D eigenvalue weighted by atomic mass is 15.3. The average Bonchev–Trinajstić information content (AvgIpc) is 2.81. The van der Waals surface area contributed by atoms with Gasteiger partial charge < -0.3 is 10.6 Å². The van der Waals surface area contributed by atoms with Crippen LogP contribution in [-0.4, -0.2) is 9.78 Å². The van der Waals surface area contributed by atoms with Gasteiger partial charge >= 0.3 is 0 Å². The molecule has 1 aromatic carbocycles. The molecular formula is C12H14N4.